The van der Waals surface area contributed by atoms with Gasteiger partial charge in [0.1, 0.15) is 6.10 Å². The molecule has 2 aromatic rings. The van der Waals surface area contributed by atoms with E-state index in [0.29, 0.717) is 42.6 Å². The van der Waals surface area contributed by atoms with Crippen molar-refractivity contribution in [3.63, 3.8) is 0 Å². The van der Waals surface area contributed by atoms with E-state index in [1.165, 1.54) is 0 Å². The summed E-state index contributed by atoms with van der Waals surface area (Å²) < 4.78 is 18.7. The molecule has 0 saturated carbocycles. The largest absolute Gasteiger partial charge is 0.490 e. The van der Waals surface area contributed by atoms with E-state index < -0.39 is 6.10 Å². The summed E-state index contributed by atoms with van der Waals surface area (Å²) in [5, 5.41) is 13.0. The van der Waals surface area contributed by atoms with Gasteiger partial charge in [0.25, 0.3) is 5.91 Å². The first-order chi connectivity index (χ1) is 13.0. The maximum Gasteiger partial charge on any atom is 0.251 e. The molecule has 7 heteroatoms. The standard InChI is InChI=1S/C20H28N2O5/c1-5-25-17-11-14(12-18(26-6-2)19(17)27-7-3)20(24)21-13-16(23)15-9-8-10-22(15)4/h8-12,16,23H,5-7,13H2,1-4H3,(H,21,24). The highest BCUT2D eigenvalue weighted by Gasteiger charge is 2.19. The number of hydrogen-bond acceptors (Lipinski definition) is 5. The van der Waals surface area contributed by atoms with Gasteiger partial charge in [0.15, 0.2) is 11.5 Å². The smallest absolute Gasteiger partial charge is 0.251 e. The Morgan fingerprint density at radius 1 is 1.11 bits per heavy atom. The second-order valence-electron chi connectivity index (χ2n) is 5.87. The minimum Gasteiger partial charge on any atom is -0.490 e. The highest BCUT2D eigenvalue weighted by molar-refractivity contribution is 5.95. The third kappa shape index (κ3) is 5.17. The summed E-state index contributed by atoms with van der Waals surface area (Å²) in [5.41, 5.74) is 1.11. The molecule has 0 aliphatic carbocycles. The van der Waals surface area contributed by atoms with Crippen LogP contribution >= 0.6 is 0 Å². The Labute approximate surface area is 159 Å². The minimum atomic E-state index is -0.797. The molecule has 2 N–H and O–H groups in total. The van der Waals surface area contributed by atoms with E-state index in [1.54, 1.807) is 12.1 Å². The van der Waals surface area contributed by atoms with Crippen LogP contribution in [0.5, 0.6) is 17.2 Å². The van der Waals surface area contributed by atoms with Gasteiger partial charge in [-0.15, -0.1) is 0 Å². The molecule has 0 radical (unpaired) electrons. The molecule has 0 fully saturated rings. The van der Waals surface area contributed by atoms with Crippen LogP contribution in [0.25, 0.3) is 0 Å². The average molecular weight is 376 g/mol. The van der Waals surface area contributed by atoms with Gasteiger partial charge in [0.05, 0.1) is 19.8 Å². The Bertz CT molecular complexity index is 730. The lowest BCUT2D eigenvalue weighted by Gasteiger charge is -2.17. The minimum absolute atomic E-state index is 0.0951. The summed E-state index contributed by atoms with van der Waals surface area (Å²) in [6.07, 6.45) is 1.05. The summed E-state index contributed by atoms with van der Waals surface area (Å²) >= 11 is 0. The molecule has 1 unspecified atom stereocenters. The summed E-state index contributed by atoms with van der Waals surface area (Å²) in [6, 6.07) is 6.91. The number of carbonyl (C=O) groups is 1. The van der Waals surface area contributed by atoms with Crippen LogP contribution in [-0.4, -0.2) is 41.9 Å². The van der Waals surface area contributed by atoms with Gasteiger partial charge in [-0.3, -0.25) is 4.79 Å². The lowest BCUT2D eigenvalue weighted by molar-refractivity contribution is 0.0911. The lowest BCUT2D eigenvalue weighted by atomic mass is 10.1. The Kier molecular flexibility index (Phi) is 7.55. The van der Waals surface area contributed by atoms with Crippen LogP contribution in [0.2, 0.25) is 0 Å². The average Bonchev–Trinajstić information content (AvgIpc) is 3.08. The quantitative estimate of drug-likeness (QED) is 0.666. The summed E-state index contributed by atoms with van der Waals surface area (Å²) in [4.78, 5) is 12.6. The molecule has 0 saturated heterocycles. The molecule has 1 heterocycles. The third-order valence-corrected chi connectivity index (χ3v) is 3.95. The van der Waals surface area contributed by atoms with Crippen molar-refractivity contribution < 1.29 is 24.1 Å². The number of hydrogen-bond donors (Lipinski definition) is 2. The maximum absolute atomic E-state index is 12.6. The van der Waals surface area contributed by atoms with E-state index in [-0.39, 0.29) is 12.5 Å². The molecule has 1 aromatic carbocycles. The van der Waals surface area contributed by atoms with Crippen LogP contribution in [0.4, 0.5) is 0 Å². The molecule has 0 spiro atoms. The molecule has 27 heavy (non-hydrogen) atoms. The van der Waals surface area contributed by atoms with Crippen molar-refractivity contribution in [3.05, 3.63) is 41.7 Å². The highest BCUT2D eigenvalue weighted by Crippen LogP contribution is 2.39. The number of carbonyl (C=O) groups excluding carboxylic acids is 1. The van der Waals surface area contributed by atoms with Crippen LogP contribution in [0, 0.1) is 0 Å². The van der Waals surface area contributed by atoms with Crippen LogP contribution in [0.1, 0.15) is 42.9 Å². The van der Waals surface area contributed by atoms with Crippen molar-refractivity contribution in [3.8, 4) is 17.2 Å². The molecular weight excluding hydrogens is 348 g/mol. The van der Waals surface area contributed by atoms with Crippen LogP contribution in [-0.2, 0) is 7.05 Å². The monoisotopic (exact) mass is 376 g/mol. The van der Waals surface area contributed by atoms with Crippen molar-refractivity contribution in [1.29, 1.82) is 0 Å². The van der Waals surface area contributed by atoms with Gasteiger partial charge in [-0.25, -0.2) is 0 Å². The van der Waals surface area contributed by atoms with E-state index in [4.69, 9.17) is 14.2 Å². The topological polar surface area (TPSA) is 82.0 Å². The first-order valence-corrected chi connectivity index (χ1v) is 9.15. The zero-order valence-electron chi connectivity index (χ0n) is 16.3. The van der Waals surface area contributed by atoms with Gasteiger partial charge in [-0.05, 0) is 45.0 Å². The van der Waals surface area contributed by atoms with Gasteiger partial charge in [0, 0.05) is 31.0 Å². The van der Waals surface area contributed by atoms with Crippen molar-refractivity contribution in [2.24, 2.45) is 7.05 Å². The predicted octanol–water partition coefficient (Wildman–Crippen LogP) is 2.68. The molecule has 7 nitrogen and oxygen atoms in total. The van der Waals surface area contributed by atoms with Gasteiger partial charge in [-0.2, -0.15) is 0 Å². The Morgan fingerprint density at radius 2 is 1.70 bits per heavy atom. The SMILES string of the molecule is CCOc1cc(C(=O)NCC(O)c2cccn2C)cc(OCC)c1OCC. The summed E-state index contributed by atoms with van der Waals surface area (Å²) in [5.74, 6) is 1.08. The Balaban J connectivity index is 2.20. The number of benzene rings is 1. The molecule has 0 bridgehead atoms. The van der Waals surface area contributed by atoms with E-state index in [2.05, 4.69) is 5.32 Å². The van der Waals surface area contributed by atoms with Crippen LogP contribution in [0.15, 0.2) is 30.5 Å². The number of aliphatic hydroxyl groups is 1. The fraction of sp³-hybridized carbons (Fsp3) is 0.450. The van der Waals surface area contributed by atoms with Gasteiger partial charge in [-0.1, -0.05) is 0 Å². The number of ether oxygens (including phenoxy) is 3. The molecule has 0 aliphatic rings. The summed E-state index contributed by atoms with van der Waals surface area (Å²) in [6.45, 7) is 7.01. The number of nitrogens with one attached hydrogen (secondary N) is 1. The number of aromatic nitrogens is 1. The fourth-order valence-electron chi connectivity index (χ4n) is 2.74. The van der Waals surface area contributed by atoms with E-state index in [9.17, 15) is 9.90 Å². The van der Waals surface area contributed by atoms with Crippen molar-refractivity contribution in [1.82, 2.24) is 9.88 Å². The molecular formula is C20H28N2O5. The number of aryl methyl sites for hydroxylation is 1. The maximum atomic E-state index is 12.6. The third-order valence-electron chi connectivity index (χ3n) is 3.95. The second kappa shape index (κ2) is 9.87. The number of rotatable bonds is 10. The predicted molar refractivity (Wildman–Crippen MR) is 103 cm³/mol. The normalized spacial score (nSPS) is 11.7. The van der Waals surface area contributed by atoms with Crippen molar-refractivity contribution in [2.75, 3.05) is 26.4 Å². The van der Waals surface area contributed by atoms with Gasteiger partial charge >= 0.3 is 0 Å². The highest BCUT2D eigenvalue weighted by atomic mass is 16.5. The van der Waals surface area contributed by atoms with Crippen molar-refractivity contribution >= 4 is 5.91 Å². The van der Waals surface area contributed by atoms with Crippen LogP contribution in [0.3, 0.4) is 0 Å². The molecule has 148 valence electrons. The van der Waals surface area contributed by atoms with E-state index in [1.807, 2.05) is 50.7 Å². The summed E-state index contributed by atoms with van der Waals surface area (Å²) in [7, 11) is 1.84. The van der Waals surface area contributed by atoms with E-state index in [0.717, 1.165) is 5.69 Å². The number of amides is 1. The van der Waals surface area contributed by atoms with Crippen LogP contribution < -0.4 is 19.5 Å². The number of nitrogens with zero attached hydrogens (tertiary/aromatic N) is 1. The van der Waals surface area contributed by atoms with Crippen molar-refractivity contribution in [2.45, 2.75) is 26.9 Å². The Hall–Kier alpha value is -2.67. The van der Waals surface area contributed by atoms with Gasteiger partial charge in [0.2, 0.25) is 5.75 Å². The molecule has 2 rings (SSSR count). The molecule has 1 amide bonds. The molecule has 0 aliphatic heterocycles. The fourth-order valence-corrected chi connectivity index (χ4v) is 2.74. The first-order valence-electron chi connectivity index (χ1n) is 9.15. The second-order valence-corrected chi connectivity index (χ2v) is 5.87. The zero-order chi connectivity index (χ0) is 19.8. The van der Waals surface area contributed by atoms with Gasteiger partial charge < -0.3 is 29.2 Å². The van der Waals surface area contributed by atoms with E-state index >= 15 is 0 Å². The zero-order valence-corrected chi connectivity index (χ0v) is 16.3. The number of aliphatic hydroxyl groups excluding tert-OH is 1. The molecule has 1 aromatic heterocycles. The Morgan fingerprint density at radius 3 is 2.19 bits per heavy atom. The lowest BCUT2D eigenvalue weighted by Crippen LogP contribution is -2.29. The first kappa shape index (κ1) is 20.6. The molecule has 1 atom stereocenters.